The minimum atomic E-state index is -1.11. The van der Waals surface area contributed by atoms with Gasteiger partial charge in [-0.15, -0.1) is 0 Å². The maximum Gasteiger partial charge on any atom is 0.329 e. The normalized spacial score (nSPS) is 9.68. The van der Waals surface area contributed by atoms with E-state index in [-0.39, 0.29) is 12.5 Å². The zero-order valence-electron chi connectivity index (χ0n) is 10.5. The number of hydrogen-bond donors (Lipinski definition) is 1. The van der Waals surface area contributed by atoms with E-state index in [0.717, 1.165) is 5.56 Å². The lowest BCUT2D eigenvalue weighted by Crippen LogP contribution is -2.30. The molecule has 0 spiro atoms. The van der Waals surface area contributed by atoms with Gasteiger partial charge < -0.3 is 14.7 Å². The van der Waals surface area contributed by atoms with E-state index in [1.165, 1.54) is 4.90 Å². The van der Waals surface area contributed by atoms with Crippen molar-refractivity contribution < 1.29 is 19.4 Å². The summed E-state index contributed by atoms with van der Waals surface area (Å²) in [4.78, 5) is 23.3. The van der Waals surface area contributed by atoms with Crippen molar-refractivity contribution in [2.24, 2.45) is 0 Å². The van der Waals surface area contributed by atoms with Gasteiger partial charge in [0.1, 0.15) is 13.2 Å². The van der Waals surface area contributed by atoms with Crippen LogP contribution in [0.5, 0.6) is 0 Å². The second-order valence-electron chi connectivity index (χ2n) is 3.95. The van der Waals surface area contributed by atoms with Crippen LogP contribution in [0.4, 0.5) is 0 Å². The fourth-order valence-electron chi connectivity index (χ4n) is 1.44. The summed E-state index contributed by atoms with van der Waals surface area (Å²) in [5, 5.41) is 17.1. The molecule has 19 heavy (non-hydrogen) atoms. The monoisotopic (exact) mass is 262 g/mol. The highest BCUT2D eigenvalue weighted by Crippen LogP contribution is 2.07. The Morgan fingerprint density at radius 1 is 1.42 bits per heavy atom. The Balaban J connectivity index is 2.49. The number of rotatable bonds is 6. The lowest BCUT2D eigenvalue weighted by Gasteiger charge is -2.17. The van der Waals surface area contributed by atoms with Crippen LogP contribution in [0.2, 0.25) is 0 Å². The molecular formula is C13H14N2O4. The third-order valence-electron chi connectivity index (χ3n) is 2.35. The van der Waals surface area contributed by atoms with Crippen LogP contribution >= 0.6 is 0 Å². The predicted octanol–water partition coefficient (Wildman–Crippen LogP) is 0.618. The van der Waals surface area contributed by atoms with Gasteiger partial charge in [0.15, 0.2) is 0 Å². The summed E-state index contributed by atoms with van der Waals surface area (Å²) >= 11 is 0. The van der Waals surface area contributed by atoms with Crippen LogP contribution in [0, 0.1) is 11.3 Å². The number of carbonyl (C=O) groups is 2. The van der Waals surface area contributed by atoms with Crippen LogP contribution < -0.4 is 0 Å². The number of carbonyl (C=O) groups excluding carboxylic acids is 1. The van der Waals surface area contributed by atoms with Crippen LogP contribution in [0.3, 0.4) is 0 Å². The molecule has 100 valence electrons. The van der Waals surface area contributed by atoms with Crippen molar-refractivity contribution in [1.29, 1.82) is 5.26 Å². The minimum absolute atomic E-state index is 0.277. The maximum atomic E-state index is 11.6. The highest BCUT2D eigenvalue weighted by Gasteiger charge is 2.10. The average Bonchev–Trinajstić information content (AvgIpc) is 2.38. The van der Waals surface area contributed by atoms with Crippen molar-refractivity contribution in [1.82, 2.24) is 4.90 Å². The quantitative estimate of drug-likeness (QED) is 0.811. The number of aliphatic carboxylic acids is 1. The first-order chi connectivity index (χ1) is 9.02. The van der Waals surface area contributed by atoms with E-state index in [0.29, 0.717) is 12.1 Å². The molecule has 1 amide bonds. The number of hydrogen-bond acceptors (Lipinski definition) is 4. The molecule has 0 aliphatic rings. The molecule has 1 N–H and O–H groups in total. The second-order valence-corrected chi connectivity index (χ2v) is 3.95. The van der Waals surface area contributed by atoms with Gasteiger partial charge in [0.05, 0.1) is 11.6 Å². The van der Waals surface area contributed by atoms with Gasteiger partial charge in [0, 0.05) is 13.6 Å². The Kier molecular flexibility index (Phi) is 5.51. The van der Waals surface area contributed by atoms with Gasteiger partial charge in [-0.25, -0.2) is 4.79 Å². The number of carboxylic acid groups (broad SMARTS) is 1. The maximum absolute atomic E-state index is 11.6. The summed E-state index contributed by atoms with van der Waals surface area (Å²) in [5.41, 5.74) is 1.36. The molecule has 0 saturated carbocycles. The number of amides is 1. The standard InChI is InChI=1S/C13H14N2O4/c1-15(12(16)8-19-9-13(17)18)7-11-4-2-3-10(5-11)6-14/h2-5H,7-9H2,1H3,(H,17,18). The van der Waals surface area contributed by atoms with Crippen LogP contribution in [0.15, 0.2) is 24.3 Å². The summed E-state index contributed by atoms with van der Waals surface area (Å²) in [5.74, 6) is -1.43. The predicted molar refractivity (Wildman–Crippen MR) is 66.1 cm³/mol. The molecule has 0 heterocycles. The summed E-state index contributed by atoms with van der Waals surface area (Å²) in [6, 6.07) is 8.95. The Morgan fingerprint density at radius 2 is 2.16 bits per heavy atom. The van der Waals surface area contributed by atoms with E-state index < -0.39 is 12.6 Å². The number of nitriles is 1. The largest absolute Gasteiger partial charge is 0.480 e. The van der Waals surface area contributed by atoms with Gasteiger partial charge in [-0.3, -0.25) is 4.79 Å². The SMILES string of the molecule is CN(Cc1cccc(C#N)c1)C(=O)COCC(=O)O. The van der Waals surface area contributed by atoms with E-state index in [1.807, 2.05) is 12.1 Å². The van der Waals surface area contributed by atoms with E-state index >= 15 is 0 Å². The van der Waals surface area contributed by atoms with Gasteiger partial charge in [0.2, 0.25) is 5.91 Å². The third kappa shape index (κ3) is 5.19. The van der Waals surface area contributed by atoms with Gasteiger partial charge in [0.25, 0.3) is 0 Å². The summed E-state index contributed by atoms with van der Waals surface area (Å²) in [6.45, 7) is -0.435. The number of ether oxygens (including phenoxy) is 1. The lowest BCUT2D eigenvalue weighted by atomic mass is 10.1. The Labute approximate surface area is 110 Å². The highest BCUT2D eigenvalue weighted by molar-refractivity contribution is 5.77. The topological polar surface area (TPSA) is 90.6 Å². The summed E-state index contributed by atoms with van der Waals surface area (Å²) in [7, 11) is 1.59. The Hall–Kier alpha value is -2.39. The molecular weight excluding hydrogens is 248 g/mol. The van der Waals surface area contributed by atoms with Crippen LogP contribution in [-0.2, 0) is 20.9 Å². The molecule has 0 unspecified atom stereocenters. The molecule has 6 nitrogen and oxygen atoms in total. The molecule has 0 aromatic heterocycles. The van der Waals surface area contributed by atoms with Gasteiger partial charge in [-0.2, -0.15) is 5.26 Å². The second kappa shape index (κ2) is 7.13. The molecule has 0 radical (unpaired) electrons. The van der Waals surface area contributed by atoms with Crippen molar-refractivity contribution in [3.8, 4) is 6.07 Å². The van der Waals surface area contributed by atoms with Crippen LogP contribution in [0.25, 0.3) is 0 Å². The fourth-order valence-corrected chi connectivity index (χ4v) is 1.44. The van der Waals surface area contributed by atoms with Crippen LogP contribution in [0.1, 0.15) is 11.1 Å². The zero-order valence-corrected chi connectivity index (χ0v) is 10.5. The van der Waals surface area contributed by atoms with Crippen LogP contribution in [-0.4, -0.2) is 42.1 Å². The Bertz CT molecular complexity index is 508. The number of carboxylic acids is 1. The molecule has 6 heteroatoms. The molecule has 0 saturated heterocycles. The zero-order chi connectivity index (χ0) is 14.3. The third-order valence-corrected chi connectivity index (χ3v) is 2.35. The molecule has 0 atom stereocenters. The first-order valence-corrected chi connectivity index (χ1v) is 5.55. The Morgan fingerprint density at radius 3 is 2.79 bits per heavy atom. The number of benzene rings is 1. The first-order valence-electron chi connectivity index (χ1n) is 5.55. The van der Waals surface area contributed by atoms with E-state index in [9.17, 15) is 9.59 Å². The summed E-state index contributed by atoms with van der Waals surface area (Å²) < 4.78 is 4.72. The van der Waals surface area contributed by atoms with Gasteiger partial charge >= 0.3 is 5.97 Å². The number of nitrogens with zero attached hydrogens (tertiary/aromatic N) is 2. The van der Waals surface area contributed by atoms with Crippen molar-refractivity contribution in [2.75, 3.05) is 20.3 Å². The molecule has 1 rings (SSSR count). The van der Waals surface area contributed by atoms with Crippen molar-refractivity contribution in [3.63, 3.8) is 0 Å². The van der Waals surface area contributed by atoms with Gasteiger partial charge in [-0.1, -0.05) is 12.1 Å². The van der Waals surface area contributed by atoms with Crippen molar-refractivity contribution >= 4 is 11.9 Å². The van der Waals surface area contributed by atoms with Crippen molar-refractivity contribution in [2.45, 2.75) is 6.54 Å². The molecule has 0 aliphatic carbocycles. The van der Waals surface area contributed by atoms with Crippen molar-refractivity contribution in [3.05, 3.63) is 35.4 Å². The molecule has 1 aromatic rings. The van der Waals surface area contributed by atoms with E-state index in [2.05, 4.69) is 0 Å². The van der Waals surface area contributed by atoms with E-state index in [4.69, 9.17) is 15.1 Å². The summed E-state index contributed by atoms with van der Waals surface area (Å²) in [6.07, 6.45) is 0. The minimum Gasteiger partial charge on any atom is -0.480 e. The molecule has 0 bridgehead atoms. The number of likely N-dealkylation sites (N-methyl/N-ethyl adjacent to an activating group) is 1. The average molecular weight is 262 g/mol. The van der Waals surface area contributed by atoms with Gasteiger partial charge in [-0.05, 0) is 17.7 Å². The van der Waals surface area contributed by atoms with E-state index in [1.54, 1.807) is 25.2 Å². The lowest BCUT2D eigenvalue weighted by molar-refractivity contribution is -0.145. The highest BCUT2D eigenvalue weighted by atomic mass is 16.5. The molecule has 0 fully saturated rings. The molecule has 0 aliphatic heterocycles. The fraction of sp³-hybridized carbons (Fsp3) is 0.308. The molecule has 1 aromatic carbocycles. The smallest absolute Gasteiger partial charge is 0.329 e. The first kappa shape index (κ1) is 14.7.